The van der Waals surface area contributed by atoms with E-state index in [9.17, 15) is 4.21 Å². The molecule has 24 heavy (non-hydrogen) atoms. The van der Waals surface area contributed by atoms with Gasteiger partial charge in [0, 0.05) is 27.5 Å². The Morgan fingerprint density at radius 3 is 2.42 bits per heavy atom. The van der Waals surface area contributed by atoms with Crippen molar-refractivity contribution in [2.45, 2.75) is 18.4 Å². The molecule has 1 atom stereocenters. The van der Waals surface area contributed by atoms with Gasteiger partial charge in [-0.05, 0) is 36.8 Å². The van der Waals surface area contributed by atoms with E-state index in [1.807, 2.05) is 41.8 Å². The molecule has 0 amide bonds. The predicted octanol–water partition coefficient (Wildman–Crippen LogP) is 4.58. The van der Waals surface area contributed by atoms with Crippen molar-refractivity contribution in [3.05, 3.63) is 70.7 Å². The molecule has 0 N–H and O–H groups in total. The van der Waals surface area contributed by atoms with Gasteiger partial charge in [0.2, 0.25) is 0 Å². The maximum Gasteiger partial charge on any atom is 0.123 e. The third-order valence-electron chi connectivity index (χ3n) is 3.65. The molecular formula is C19H19NO2S2. The Morgan fingerprint density at radius 1 is 1.04 bits per heavy atom. The van der Waals surface area contributed by atoms with Crippen molar-refractivity contribution in [1.82, 2.24) is 4.98 Å². The van der Waals surface area contributed by atoms with Gasteiger partial charge in [0.15, 0.2) is 0 Å². The molecule has 3 nitrogen and oxygen atoms in total. The van der Waals surface area contributed by atoms with Crippen molar-refractivity contribution in [2.75, 3.05) is 7.11 Å². The Labute approximate surface area is 148 Å². The van der Waals surface area contributed by atoms with E-state index in [1.54, 1.807) is 18.4 Å². The molecule has 3 rings (SSSR count). The monoisotopic (exact) mass is 357 g/mol. The van der Waals surface area contributed by atoms with Crippen LogP contribution in [0.2, 0.25) is 0 Å². The van der Waals surface area contributed by atoms with E-state index < -0.39 is 10.8 Å². The van der Waals surface area contributed by atoms with Gasteiger partial charge in [-0.1, -0.05) is 29.8 Å². The summed E-state index contributed by atoms with van der Waals surface area (Å²) in [5, 5.41) is 2.94. The van der Waals surface area contributed by atoms with Crippen LogP contribution in [0.4, 0.5) is 0 Å². The van der Waals surface area contributed by atoms with Crippen LogP contribution in [-0.2, 0) is 22.3 Å². The lowest BCUT2D eigenvalue weighted by Crippen LogP contribution is -2.00. The van der Waals surface area contributed by atoms with E-state index in [0.717, 1.165) is 27.6 Å². The molecule has 1 heterocycles. The summed E-state index contributed by atoms with van der Waals surface area (Å²) < 4.78 is 17.5. The number of thiazole rings is 1. The zero-order valence-corrected chi connectivity index (χ0v) is 15.3. The molecule has 0 fully saturated rings. The lowest BCUT2D eigenvalue weighted by atomic mass is 10.2. The Balaban J connectivity index is 1.64. The molecule has 0 saturated carbocycles. The average molecular weight is 358 g/mol. The maximum absolute atomic E-state index is 12.4. The topological polar surface area (TPSA) is 39.2 Å². The second-order valence-corrected chi connectivity index (χ2v) is 7.90. The van der Waals surface area contributed by atoms with Crippen molar-refractivity contribution in [2.24, 2.45) is 0 Å². The molecule has 0 spiro atoms. The summed E-state index contributed by atoms with van der Waals surface area (Å²) in [4.78, 5) is 4.62. The van der Waals surface area contributed by atoms with Gasteiger partial charge >= 0.3 is 0 Å². The Morgan fingerprint density at radius 2 is 1.75 bits per heavy atom. The zero-order chi connectivity index (χ0) is 16.9. The zero-order valence-electron chi connectivity index (χ0n) is 13.7. The van der Waals surface area contributed by atoms with Crippen LogP contribution < -0.4 is 4.74 Å². The minimum atomic E-state index is -0.953. The largest absolute Gasteiger partial charge is 0.497 e. The molecule has 0 aliphatic heterocycles. The van der Waals surface area contributed by atoms with Gasteiger partial charge < -0.3 is 4.74 Å². The predicted molar refractivity (Wildman–Crippen MR) is 101 cm³/mol. The van der Waals surface area contributed by atoms with Gasteiger partial charge in [-0.2, -0.15) is 0 Å². The van der Waals surface area contributed by atoms with Gasteiger partial charge in [-0.15, -0.1) is 11.3 Å². The van der Waals surface area contributed by atoms with E-state index in [4.69, 9.17) is 4.74 Å². The first kappa shape index (κ1) is 16.9. The Bertz CT molecular complexity index is 823. The minimum Gasteiger partial charge on any atom is -0.497 e. The first-order chi connectivity index (χ1) is 11.6. The van der Waals surface area contributed by atoms with Crippen LogP contribution in [0.5, 0.6) is 5.75 Å². The van der Waals surface area contributed by atoms with E-state index in [1.165, 1.54) is 5.56 Å². The second-order valence-electron chi connectivity index (χ2n) is 5.59. The fraction of sp³-hybridized carbons (Fsp3) is 0.211. The van der Waals surface area contributed by atoms with Crippen molar-refractivity contribution in [3.63, 3.8) is 0 Å². The highest BCUT2D eigenvalue weighted by Gasteiger charge is 2.09. The molecule has 0 bridgehead atoms. The van der Waals surface area contributed by atoms with Gasteiger partial charge in [0.25, 0.3) is 0 Å². The van der Waals surface area contributed by atoms with E-state index in [0.29, 0.717) is 11.5 Å². The first-order valence-corrected chi connectivity index (χ1v) is 10.00. The number of methoxy groups -OCH3 is 1. The molecule has 2 aromatic carbocycles. The summed E-state index contributed by atoms with van der Waals surface area (Å²) in [6, 6.07) is 16.0. The lowest BCUT2D eigenvalue weighted by molar-refractivity contribution is 0.415. The average Bonchev–Trinajstić information content (AvgIpc) is 3.05. The van der Waals surface area contributed by atoms with Crippen LogP contribution in [-0.4, -0.2) is 16.3 Å². The van der Waals surface area contributed by atoms with E-state index >= 15 is 0 Å². The first-order valence-electron chi connectivity index (χ1n) is 7.63. The van der Waals surface area contributed by atoms with Crippen LogP contribution >= 0.6 is 11.3 Å². The number of aromatic nitrogens is 1. The van der Waals surface area contributed by atoms with Gasteiger partial charge in [-0.25, -0.2) is 4.98 Å². The van der Waals surface area contributed by atoms with Crippen molar-refractivity contribution in [1.29, 1.82) is 0 Å². The van der Waals surface area contributed by atoms with Crippen molar-refractivity contribution < 1.29 is 8.95 Å². The molecular weight excluding hydrogens is 338 g/mol. The Hall–Kier alpha value is -1.98. The number of hydrogen-bond donors (Lipinski definition) is 0. The number of benzene rings is 2. The highest BCUT2D eigenvalue weighted by Crippen LogP contribution is 2.26. The third kappa shape index (κ3) is 4.30. The number of aryl methyl sites for hydroxylation is 1. The molecule has 1 aromatic heterocycles. The summed E-state index contributed by atoms with van der Waals surface area (Å²) in [5.74, 6) is 1.88. The molecule has 5 heteroatoms. The summed E-state index contributed by atoms with van der Waals surface area (Å²) >= 11 is 1.58. The van der Waals surface area contributed by atoms with E-state index in [2.05, 4.69) is 24.0 Å². The van der Waals surface area contributed by atoms with Crippen LogP contribution in [0.15, 0.2) is 53.9 Å². The second kappa shape index (κ2) is 7.73. The number of rotatable bonds is 6. The van der Waals surface area contributed by atoms with Crippen LogP contribution in [0.1, 0.15) is 16.8 Å². The van der Waals surface area contributed by atoms with Crippen LogP contribution in [0, 0.1) is 6.92 Å². The van der Waals surface area contributed by atoms with Crippen LogP contribution in [0.3, 0.4) is 0 Å². The normalized spacial score (nSPS) is 12.1. The lowest BCUT2D eigenvalue weighted by Gasteiger charge is -2.02. The summed E-state index contributed by atoms with van der Waals surface area (Å²) in [7, 11) is 0.700. The quantitative estimate of drug-likeness (QED) is 0.648. The summed E-state index contributed by atoms with van der Waals surface area (Å²) in [6.07, 6.45) is 0. The van der Waals surface area contributed by atoms with Gasteiger partial charge in [0.1, 0.15) is 10.8 Å². The highest BCUT2D eigenvalue weighted by atomic mass is 32.2. The maximum atomic E-state index is 12.4. The Kier molecular flexibility index (Phi) is 5.43. The SMILES string of the molecule is COc1ccc(-c2nc(CS(=O)Cc3ccc(C)cc3)cs2)cc1. The molecule has 124 valence electrons. The van der Waals surface area contributed by atoms with Crippen LogP contribution in [0.25, 0.3) is 10.6 Å². The molecule has 1 unspecified atom stereocenters. The fourth-order valence-electron chi connectivity index (χ4n) is 2.33. The number of ether oxygens (including phenoxy) is 1. The molecule has 0 saturated heterocycles. The number of nitrogens with zero attached hydrogens (tertiary/aromatic N) is 1. The fourth-order valence-corrected chi connectivity index (χ4v) is 4.40. The molecule has 0 aliphatic carbocycles. The standard InChI is InChI=1S/C19H19NO2S2/c1-14-3-5-15(6-4-14)12-24(21)13-17-11-23-19(20-17)16-7-9-18(22-2)10-8-16/h3-11H,12-13H2,1-2H3. The van der Waals surface area contributed by atoms with Gasteiger partial charge in [-0.3, -0.25) is 4.21 Å². The summed E-state index contributed by atoms with van der Waals surface area (Å²) in [5.41, 5.74) is 4.25. The van der Waals surface area contributed by atoms with Gasteiger partial charge in [0.05, 0.1) is 18.6 Å². The highest BCUT2D eigenvalue weighted by molar-refractivity contribution is 7.83. The number of hydrogen-bond acceptors (Lipinski definition) is 4. The third-order valence-corrected chi connectivity index (χ3v) is 5.86. The molecule has 0 radical (unpaired) electrons. The molecule has 0 aliphatic rings. The summed E-state index contributed by atoms with van der Waals surface area (Å²) in [6.45, 7) is 2.05. The van der Waals surface area contributed by atoms with Crippen molar-refractivity contribution in [3.8, 4) is 16.3 Å². The molecule has 3 aromatic rings. The smallest absolute Gasteiger partial charge is 0.123 e. The van der Waals surface area contributed by atoms with E-state index in [-0.39, 0.29) is 0 Å². The van der Waals surface area contributed by atoms with Crippen molar-refractivity contribution >= 4 is 22.1 Å². The minimum absolute atomic E-state index is 0.487.